The van der Waals surface area contributed by atoms with Crippen molar-refractivity contribution in [3.05, 3.63) is 23.8 Å². The number of likely N-dealkylation sites (N-methyl/N-ethyl adjacent to an activating group) is 1. The van der Waals surface area contributed by atoms with Gasteiger partial charge in [0.05, 0.1) is 13.2 Å². The highest BCUT2D eigenvalue weighted by molar-refractivity contribution is 5.97. The van der Waals surface area contributed by atoms with Crippen LogP contribution >= 0.6 is 0 Å². The second-order valence-corrected chi connectivity index (χ2v) is 5.82. The van der Waals surface area contributed by atoms with Gasteiger partial charge in [0.2, 0.25) is 0 Å². The molecule has 0 saturated heterocycles. The van der Waals surface area contributed by atoms with E-state index >= 15 is 0 Å². The second-order valence-electron chi connectivity index (χ2n) is 5.82. The summed E-state index contributed by atoms with van der Waals surface area (Å²) in [6, 6.07) is 4.03. The molecule has 0 spiro atoms. The Hall–Kier alpha value is -2.24. The molecule has 0 radical (unpaired) electrons. The molecule has 23 heavy (non-hydrogen) atoms. The van der Waals surface area contributed by atoms with Crippen molar-refractivity contribution in [2.45, 2.75) is 44.8 Å². The Morgan fingerprint density at radius 2 is 1.91 bits per heavy atom. The van der Waals surface area contributed by atoms with Crippen LogP contribution in [0.4, 0.5) is 0 Å². The zero-order valence-electron chi connectivity index (χ0n) is 13.7. The SMILES string of the molecule is COc1ccc(C(=O)N(C)C(C)C(=O)O)cc1OC1CCCC1. The van der Waals surface area contributed by atoms with Crippen molar-refractivity contribution in [2.75, 3.05) is 14.2 Å². The van der Waals surface area contributed by atoms with Gasteiger partial charge >= 0.3 is 5.97 Å². The molecule has 2 rings (SSSR count). The van der Waals surface area contributed by atoms with Crippen molar-refractivity contribution in [3.8, 4) is 11.5 Å². The van der Waals surface area contributed by atoms with Gasteiger partial charge in [0.1, 0.15) is 6.04 Å². The fourth-order valence-corrected chi connectivity index (χ4v) is 2.63. The number of rotatable bonds is 6. The molecule has 0 aliphatic heterocycles. The van der Waals surface area contributed by atoms with E-state index in [0.29, 0.717) is 17.1 Å². The third-order valence-corrected chi connectivity index (χ3v) is 4.27. The summed E-state index contributed by atoms with van der Waals surface area (Å²) >= 11 is 0. The second kappa shape index (κ2) is 7.35. The molecule has 1 aromatic carbocycles. The van der Waals surface area contributed by atoms with Gasteiger partial charge in [0, 0.05) is 12.6 Å². The average molecular weight is 321 g/mol. The van der Waals surface area contributed by atoms with Crippen LogP contribution in [0, 0.1) is 0 Å². The van der Waals surface area contributed by atoms with Crippen LogP contribution in [0.2, 0.25) is 0 Å². The number of carbonyl (C=O) groups is 2. The van der Waals surface area contributed by atoms with E-state index < -0.39 is 12.0 Å². The van der Waals surface area contributed by atoms with Gasteiger partial charge in [-0.05, 0) is 50.8 Å². The molecule has 1 amide bonds. The molecular weight excluding hydrogens is 298 g/mol. The monoisotopic (exact) mass is 321 g/mol. The number of carboxylic acid groups (broad SMARTS) is 1. The lowest BCUT2D eigenvalue weighted by Gasteiger charge is -2.22. The van der Waals surface area contributed by atoms with Crippen molar-refractivity contribution in [1.82, 2.24) is 4.90 Å². The third-order valence-electron chi connectivity index (χ3n) is 4.27. The third kappa shape index (κ3) is 3.94. The minimum absolute atomic E-state index is 0.143. The van der Waals surface area contributed by atoms with E-state index in [4.69, 9.17) is 14.6 Å². The van der Waals surface area contributed by atoms with Crippen molar-refractivity contribution in [1.29, 1.82) is 0 Å². The lowest BCUT2D eigenvalue weighted by molar-refractivity contribution is -0.141. The molecule has 0 bridgehead atoms. The molecule has 1 atom stereocenters. The maximum absolute atomic E-state index is 12.4. The minimum Gasteiger partial charge on any atom is -0.493 e. The molecule has 0 heterocycles. The van der Waals surface area contributed by atoms with E-state index in [2.05, 4.69) is 0 Å². The predicted octanol–water partition coefficient (Wildman–Crippen LogP) is 2.56. The van der Waals surface area contributed by atoms with Crippen molar-refractivity contribution >= 4 is 11.9 Å². The Kier molecular flexibility index (Phi) is 5.47. The molecule has 1 unspecified atom stereocenters. The first-order valence-electron chi connectivity index (χ1n) is 7.78. The maximum atomic E-state index is 12.4. The number of benzene rings is 1. The summed E-state index contributed by atoms with van der Waals surface area (Å²) in [5.74, 6) is -0.306. The number of amides is 1. The van der Waals surface area contributed by atoms with Crippen molar-refractivity contribution < 1.29 is 24.2 Å². The van der Waals surface area contributed by atoms with Crippen LogP contribution in [-0.2, 0) is 4.79 Å². The van der Waals surface area contributed by atoms with Crippen LogP contribution in [0.3, 0.4) is 0 Å². The van der Waals surface area contributed by atoms with Crippen LogP contribution in [0.5, 0.6) is 11.5 Å². The molecule has 1 aromatic rings. The molecule has 6 heteroatoms. The number of ether oxygens (including phenoxy) is 2. The highest BCUT2D eigenvalue weighted by Gasteiger charge is 2.24. The molecule has 1 N–H and O–H groups in total. The van der Waals surface area contributed by atoms with Gasteiger partial charge in [0.15, 0.2) is 11.5 Å². The fraction of sp³-hybridized carbons (Fsp3) is 0.529. The van der Waals surface area contributed by atoms with E-state index in [1.165, 1.54) is 18.9 Å². The summed E-state index contributed by atoms with van der Waals surface area (Å²) in [6.07, 6.45) is 4.42. The molecule has 0 aromatic heterocycles. The van der Waals surface area contributed by atoms with Gasteiger partial charge in [-0.3, -0.25) is 4.79 Å². The zero-order valence-corrected chi connectivity index (χ0v) is 13.7. The molecular formula is C17H23NO5. The van der Waals surface area contributed by atoms with Gasteiger partial charge in [0.25, 0.3) is 5.91 Å². The van der Waals surface area contributed by atoms with E-state index in [1.54, 1.807) is 25.3 Å². The average Bonchev–Trinajstić information content (AvgIpc) is 3.05. The van der Waals surface area contributed by atoms with Crippen molar-refractivity contribution in [2.24, 2.45) is 0 Å². The number of carbonyl (C=O) groups excluding carboxylic acids is 1. The van der Waals surface area contributed by atoms with Crippen molar-refractivity contribution in [3.63, 3.8) is 0 Å². The summed E-state index contributed by atoms with van der Waals surface area (Å²) in [6.45, 7) is 1.47. The quantitative estimate of drug-likeness (QED) is 0.871. The van der Waals surface area contributed by atoms with Crippen LogP contribution in [0.1, 0.15) is 43.0 Å². The Balaban J connectivity index is 2.21. The molecule has 126 valence electrons. The highest BCUT2D eigenvalue weighted by atomic mass is 16.5. The van der Waals surface area contributed by atoms with E-state index in [9.17, 15) is 9.59 Å². The number of hydrogen-bond acceptors (Lipinski definition) is 4. The lowest BCUT2D eigenvalue weighted by Crippen LogP contribution is -2.40. The smallest absolute Gasteiger partial charge is 0.326 e. The highest BCUT2D eigenvalue weighted by Crippen LogP contribution is 2.32. The first-order valence-corrected chi connectivity index (χ1v) is 7.78. The van der Waals surface area contributed by atoms with E-state index in [-0.39, 0.29) is 12.0 Å². The summed E-state index contributed by atoms with van der Waals surface area (Å²) < 4.78 is 11.3. The van der Waals surface area contributed by atoms with Gasteiger partial charge < -0.3 is 19.5 Å². The Labute approximate surface area is 136 Å². The maximum Gasteiger partial charge on any atom is 0.326 e. The number of carboxylic acids is 1. The van der Waals surface area contributed by atoms with Crippen LogP contribution in [0.25, 0.3) is 0 Å². The normalized spacial score (nSPS) is 16.0. The van der Waals surface area contributed by atoms with Gasteiger partial charge in [-0.25, -0.2) is 4.79 Å². The molecule has 1 fully saturated rings. The Bertz CT molecular complexity index is 580. The molecule has 6 nitrogen and oxygen atoms in total. The molecule has 1 aliphatic carbocycles. The van der Waals surface area contributed by atoms with Gasteiger partial charge in [-0.2, -0.15) is 0 Å². The lowest BCUT2D eigenvalue weighted by atomic mass is 10.1. The van der Waals surface area contributed by atoms with Crippen LogP contribution < -0.4 is 9.47 Å². The van der Waals surface area contributed by atoms with E-state index in [0.717, 1.165) is 25.7 Å². The first kappa shape index (κ1) is 17.1. The van der Waals surface area contributed by atoms with Gasteiger partial charge in [-0.15, -0.1) is 0 Å². The zero-order chi connectivity index (χ0) is 17.0. The largest absolute Gasteiger partial charge is 0.493 e. The summed E-state index contributed by atoms with van der Waals surface area (Å²) in [7, 11) is 3.03. The summed E-state index contributed by atoms with van der Waals surface area (Å²) in [5, 5.41) is 9.04. The molecule has 1 saturated carbocycles. The Morgan fingerprint density at radius 1 is 1.26 bits per heavy atom. The number of hydrogen-bond donors (Lipinski definition) is 1. The first-order chi connectivity index (χ1) is 10.9. The molecule has 1 aliphatic rings. The number of methoxy groups -OCH3 is 1. The van der Waals surface area contributed by atoms with E-state index in [1.807, 2.05) is 0 Å². The fourth-order valence-electron chi connectivity index (χ4n) is 2.63. The predicted molar refractivity (Wildman–Crippen MR) is 85.1 cm³/mol. The van der Waals surface area contributed by atoms with Gasteiger partial charge in [-0.1, -0.05) is 0 Å². The minimum atomic E-state index is -1.04. The topological polar surface area (TPSA) is 76.1 Å². The Morgan fingerprint density at radius 3 is 2.48 bits per heavy atom. The number of nitrogens with zero attached hydrogens (tertiary/aromatic N) is 1. The standard InChI is InChI=1S/C17H23NO5/c1-11(17(20)21)18(2)16(19)12-8-9-14(22-3)15(10-12)23-13-6-4-5-7-13/h8-11,13H,4-7H2,1-3H3,(H,20,21). The van der Waals surface area contributed by atoms with Crippen LogP contribution in [-0.4, -0.2) is 48.2 Å². The summed E-state index contributed by atoms with van der Waals surface area (Å²) in [4.78, 5) is 24.7. The summed E-state index contributed by atoms with van der Waals surface area (Å²) in [5.41, 5.74) is 0.384. The van der Waals surface area contributed by atoms with Crippen LogP contribution in [0.15, 0.2) is 18.2 Å². The number of aliphatic carboxylic acids is 1.